The Kier molecular flexibility index (Phi) is 4.22. The van der Waals surface area contributed by atoms with Crippen molar-refractivity contribution in [1.29, 1.82) is 0 Å². The number of rotatable bonds is 4. The fraction of sp³-hybridized carbons (Fsp3) is 0.500. The van der Waals surface area contributed by atoms with Crippen LogP contribution in [-0.4, -0.2) is 43.6 Å². The number of fused-ring (bicyclic) bond motifs is 3. The molecule has 0 spiro atoms. The second-order valence-electron chi connectivity index (χ2n) is 8.39. The summed E-state index contributed by atoms with van der Waals surface area (Å²) in [6, 6.07) is 9.75. The summed E-state index contributed by atoms with van der Waals surface area (Å²) in [5.74, 6) is 0.487. The van der Waals surface area contributed by atoms with Gasteiger partial charge in [0.25, 0.3) is 5.91 Å². The van der Waals surface area contributed by atoms with Crippen molar-refractivity contribution in [3.63, 3.8) is 0 Å². The maximum Gasteiger partial charge on any atom is 0.328 e. The quantitative estimate of drug-likeness (QED) is 0.764. The molecule has 4 atom stereocenters. The van der Waals surface area contributed by atoms with E-state index < -0.39 is 0 Å². The molecule has 1 saturated carbocycles. The number of carbonyl (C=O) groups is 2. The minimum Gasteiger partial charge on any atom is -0.309 e. The maximum atomic E-state index is 13.2. The lowest BCUT2D eigenvalue weighted by Gasteiger charge is -2.31. The van der Waals surface area contributed by atoms with Gasteiger partial charge in [-0.25, -0.2) is 4.79 Å². The van der Waals surface area contributed by atoms with E-state index >= 15 is 0 Å². The molecule has 6 heteroatoms. The molecule has 6 nitrogen and oxygen atoms in total. The van der Waals surface area contributed by atoms with Gasteiger partial charge in [0.1, 0.15) is 6.04 Å². The predicted octanol–water partition coefficient (Wildman–Crippen LogP) is 3.59. The summed E-state index contributed by atoms with van der Waals surface area (Å²) in [6.45, 7) is 2.61. The largest absolute Gasteiger partial charge is 0.328 e. The van der Waals surface area contributed by atoms with Crippen LogP contribution in [-0.2, 0) is 11.3 Å². The summed E-state index contributed by atoms with van der Waals surface area (Å²) in [6.07, 6.45) is 9.15. The first-order valence-corrected chi connectivity index (χ1v) is 10.3. The zero-order chi connectivity index (χ0) is 19.3. The standard InChI is InChI=1S/C22H26N4O2/c1-15(18-12-23-24(14-18)13-16-7-3-2-4-8-16)25-21(27)20-11-17-9-5-6-10-19(17)26(20)22(25)28/h2-4,7-8,12,14-15,17,19-20H,5-6,9-11,13H2,1H3/t15-,17+,19+,20+/m1/s1. The molecule has 1 aromatic carbocycles. The fourth-order valence-electron chi connectivity index (χ4n) is 5.29. The Morgan fingerprint density at radius 2 is 1.93 bits per heavy atom. The smallest absolute Gasteiger partial charge is 0.309 e. The average Bonchev–Trinajstić information content (AvgIpc) is 3.38. The molecular formula is C22H26N4O2. The number of carbonyl (C=O) groups excluding carboxylic acids is 2. The van der Waals surface area contributed by atoms with Crippen LogP contribution >= 0.6 is 0 Å². The van der Waals surface area contributed by atoms with Crippen molar-refractivity contribution in [3.05, 3.63) is 53.9 Å². The Morgan fingerprint density at radius 3 is 2.75 bits per heavy atom. The van der Waals surface area contributed by atoms with Gasteiger partial charge in [0, 0.05) is 17.8 Å². The van der Waals surface area contributed by atoms with Crippen LogP contribution in [0.5, 0.6) is 0 Å². The van der Waals surface area contributed by atoms with E-state index in [2.05, 4.69) is 17.2 Å². The van der Waals surface area contributed by atoms with Crippen LogP contribution in [0.3, 0.4) is 0 Å². The third-order valence-electron chi connectivity index (χ3n) is 6.75. The molecule has 0 N–H and O–H groups in total. The van der Waals surface area contributed by atoms with Crippen LogP contribution in [0.15, 0.2) is 42.7 Å². The molecular weight excluding hydrogens is 352 g/mol. The highest BCUT2D eigenvalue weighted by molar-refractivity contribution is 6.05. The molecule has 3 aliphatic rings. The molecule has 0 bridgehead atoms. The molecule has 1 aliphatic carbocycles. The summed E-state index contributed by atoms with van der Waals surface area (Å²) in [7, 11) is 0. The Bertz CT molecular complexity index is 893. The number of hydrogen-bond acceptors (Lipinski definition) is 3. The Balaban J connectivity index is 1.34. The van der Waals surface area contributed by atoms with Crippen molar-refractivity contribution < 1.29 is 9.59 Å². The van der Waals surface area contributed by atoms with Gasteiger partial charge >= 0.3 is 6.03 Å². The van der Waals surface area contributed by atoms with Crippen LogP contribution in [0.1, 0.15) is 56.2 Å². The number of aromatic nitrogens is 2. The van der Waals surface area contributed by atoms with Crippen LogP contribution in [0, 0.1) is 5.92 Å². The van der Waals surface area contributed by atoms with Gasteiger partial charge in [-0.1, -0.05) is 43.2 Å². The Labute approximate surface area is 165 Å². The van der Waals surface area contributed by atoms with Crippen molar-refractivity contribution in [2.45, 2.75) is 63.7 Å². The zero-order valence-corrected chi connectivity index (χ0v) is 16.2. The first-order valence-electron chi connectivity index (χ1n) is 10.3. The summed E-state index contributed by atoms with van der Waals surface area (Å²) >= 11 is 0. The van der Waals surface area contributed by atoms with Crippen LogP contribution in [0.4, 0.5) is 4.79 Å². The van der Waals surface area contributed by atoms with E-state index in [1.807, 2.05) is 40.9 Å². The van der Waals surface area contributed by atoms with Crippen LogP contribution in [0.25, 0.3) is 0 Å². The number of nitrogens with zero attached hydrogens (tertiary/aromatic N) is 4. The zero-order valence-electron chi connectivity index (χ0n) is 16.2. The monoisotopic (exact) mass is 378 g/mol. The van der Waals surface area contributed by atoms with E-state index in [4.69, 9.17) is 0 Å². The van der Waals surface area contributed by atoms with Crippen molar-refractivity contribution in [3.8, 4) is 0 Å². The molecule has 0 radical (unpaired) electrons. The molecule has 3 amide bonds. The SMILES string of the molecule is C[C@H](c1cnn(Cc2ccccc2)c1)N1C(=O)[C@@H]2C[C@@H]3CCCC[C@@H]3N2C1=O. The lowest BCUT2D eigenvalue weighted by atomic mass is 9.84. The number of urea groups is 1. The predicted molar refractivity (Wildman–Crippen MR) is 104 cm³/mol. The van der Waals surface area contributed by atoms with Gasteiger partial charge in [-0.2, -0.15) is 5.10 Å². The van der Waals surface area contributed by atoms with E-state index in [1.165, 1.54) is 16.9 Å². The average molecular weight is 378 g/mol. The van der Waals surface area contributed by atoms with E-state index in [0.29, 0.717) is 12.5 Å². The fourth-order valence-corrected chi connectivity index (χ4v) is 5.29. The third kappa shape index (κ3) is 2.74. The lowest BCUT2D eigenvalue weighted by molar-refractivity contribution is -0.129. The topological polar surface area (TPSA) is 58.4 Å². The lowest BCUT2D eigenvalue weighted by Crippen LogP contribution is -2.41. The second kappa shape index (κ2) is 6.76. The molecule has 2 aromatic rings. The highest BCUT2D eigenvalue weighted by Gasteiger charge is 2.56. The van der Waals surface area contributed by atoms with Gasteiger partial charge in [-0.15, -0.1) is 0 Å². The van der Waals surface area contributed by atoms with E-state index in [0.717, 1.165) is 31.2 Å². The summed E-state index contributed by atoms with van der Waals surface area (Å²) in [5.41, 5.74) is 2.07. The molecule has 28 heavy (non-hydrogen) atoms. The highest BCUT2D eigenvalue weighted by atomic mass is 16.2. The van der Waals surface area contributed by atoms with Crippen molar-refractivity contribution in [2.75, 3.05) is 0 Å². The van der Waals surface area contributed by atoms with E-state index in [9.17, 15) is 9.59 Å². The van der Waals surface area contributed by atoms with Crippen LogP contribution in [0.2, 0.25) is 0 Å². The van der Waals surface area contributed by atoms with Gasteiger partial charge in [-0.3, -0.25) is 14.4 Å². The minimum atomic E-state index is -0.294. The van der Waals surface area contributed by atoms with E-state index in [-0.39, 0.29) is 30.1 Å². The number of amides is 3. The first kappa shape index (κ1) is 17.5. The molecule has 5 rings (SSSR count). The first-order chi connectivity index (χ1) is 13.6. The van der Waals surface area contributed by atoms with Gasteiger partial charge in [-0.05, 0) is 37.7 Å². The summed E-state index contributed by atoms with van der Waals surface area (Å²) < 4.78 is 1.87. The minimum absolute atomic E-state index is 0.0253. The van der Waals surface area contributed by atoms with Crippen LogP contribution < -0.4 is 0 Å². The maximum absolute atomic E-state index is 13.2. The Hall–Kier alpha value is -2.63. The number of imide groups is 1. The third-order valence-corrected chi connectivity index (χ3v) is 6.75. The second-order valence-corrected chi connectivity index (χ2v) is 8.39. The number of benzene rings is 1. The molecule has 2 aliphatic heterocycles. The van der Waals surface area contributed by atoms with Crippen molar-refractivity contribution >= 4 is 11.9 Å². The molecule has 146 valence electrons. The summed E-state index contributed by atoms with van der Waals surface area (Å²) in [4.78, 5) is 29.6. The summed E-state index contributed by atoms with van der Waals surface area (Å²) in [5, 5.41) is 4.45. The molecule has 0 unspecified atom stereocenters. The number of hydrogen-bond donors (Lipinski definition) is 0. The van der Waals surface area contributed by atoms with Crippen molar-refractivity contribution in [1.82, 2.24) is 19.6 Å². The van der Waals surface area contributed by atoms with Gasteiger partial charge in [0.2, 0.25) is 0 Å². The van der Waals surface area contributed by atoms with Gasteiger partial charge in [0.05, 0.1) is 18.8 Å². The highest BCUT2D eigenvalue weighted by Crippen LogP contribution is 2.45. The van der Waals surface area contributed by atoms with Gasteiger partial charge in [0.15, 0.2) is 0 Å². The Morgan fingerprint density at radius 1 is 1.14 bits per heavy atom. The molecule has 3 fully saturated rings. The normalized spacial score (nSPS) is 27.8. The molecule has 1 aromatic heterocycles. The van der Waals surface area contributed by atoms with Crippen molar-refractivity contribution in [2.24, 2.45) is 5.92 Å². The molecule has 3 heterocycles. The van der Waals surface area contributed by atoms with Gasteiger partial charge < -0.3 is 4.90 Å². The molecule has 2 saturated heterocycles. The van der Waals surface area contributed by atoms with E-state index in [1.54, 1.807) is 6.20 Å².